The van der Waals surface area contributed by atoms with Gasteiger partial charge in [-0.2, -0.15) is 0 Å². The minimum atomic E-state index is 0.594. The predicted octanol–water partition coefficient (Wildman–Crippen LogP) is 2.77. The van der Waals surface area contributed by atoms with Crippen LogP contribution in [-0.2, 0) is 0 Å². The Morgan fingerprint density at radius 1 is 1.20 bits per heavy atom. The molecule has 0 unspecified atom stereocenters. The van der Waals surface area contributed by atoms with E-state index in [2.05, 4.69) is 55.3 Å². The molecule has 1 aromatic rings. The Morgan fingerprint density at radius 2 is 1.87 bits per heavy atom. The summed E-state index contributed by atoms with van der Waals surface area (Å²) in [5.74, 6) is 6.89. The SMILES string of the molecule is CNCCC#Cc1ccc(C(C)C)cc1. The van der Waals surface area contributed by atoms with Crippen LogP contribution in [0.2, 0.25) is 0 Å². The Kier molecular flexibility index (Phi) is 4.93. The maximum absolute atomic E-state index is 3.16. The van der Waals surface area contributed by atoms with Gasteiger partial charge in [0.2, 0.25) is 0 Å². The lowest BCUT2D eigenvalue weighted by Gasteiger charge is -2.03. The molecule has 0 atom stereocenters. The van der Waals surface area contributed by atoms with Gasteiger partial charge in [0.25, 0.3) is 0 Å². The van der Waals surface area contributed by atoms with E-state index in [1.54, 1.807) is 0 Å². The van der Waals surface area contributed by atoms with Crippen LogP contribution in [0.25, 0.3) is 0 Å². The molecule has 1 aromatic carbocycles. The van der Waals surface area contributed by atoms with Gasteiger partial charge in [0, 0.05) is 18.5 Å². The topological polar surface area (TPSA) is 12.0 Å². The number of nitrogens with one attached hydrogen (secondary N) is 1. The maximum Gasteiger partial charge on any atom is 0.0245 e. The summed E-state index contributed by atoms with van der Waals surface area (Å²) in [6, 6.07) is 8.52. The third-order valence-electron chi connectivity index (χ3n) is 2.31. The van der Waals surface area contributed by atoms with Crippen LogP contribution in [0, 0.1) is 11.8 Å². The van der Waals surface area contributed by atoms with E-state index >= 15 is 0 Å². The summed E-state index contributed by atoms with van der Waals surface area (Å²) in [7, 11) is 1.94. The first-order chi connectivity index (χ1) is 7.24. The fourth-order valence-corrected chi connectivity index (χ4v) is 1.30. The van der Waals surface area contributed by atoms with E-state index in [1.807, 2.05) is 7.05 Å². The van der Waals surface area contributed by atoms with Gasteiger partial charge in [0.15, 0.2) is 0 Å². The van der Waals surface area contributed by atoms with Crippen LogP contribution in [0.1, 0.15) is 37.3 Å². The number of benzene rings is 1. The summed E-state index contributed by atoms with van der Waals surface area (Å²) in [4.78, 5) is 0. The van der Waals surface area contributed by atoms with Crippen molar-refractivity contribution in [1.29, 1.82) is 0 Å². The highest BCUT2D eigenvalue weighted by atomic mass is 14.8. The molecule has 0 aliphatic heterocycles. The van der Waals surface area contributed by atoms with E-state index in [-0.39, 0.29) is 0 Å². The van der Waals surface area contributed by atoms with Crippen LogP contribution in [0.15, 0.2) is 24.3 Å². The fraction of sp³-hybridized carbons (Fsp3) is 0.429. The molecule has 80 valence electrons. The van der Waals surface area contributed by atoms with E-state index in [9.17, 15) is 0 Å². The van der Waals surface area contributed by atoms with Crippen LogP contribution in [0.3, 0.4) is 0 Å². The van der Waals surface area contributed by atoms with Crippen molar-refractivity contribution >= 4 is 0 Å². The largest absolute Gasteiger partial charge is 0.319 e. The molecule has 0 spiro atoms. The summed E-state index contributed by atoms with van der Waals surface area (Å²) in [5, 5.41) is 3.08. The highest BCUT2D eigenvalue weighted by Gasteiger charge is 1.96. The summed E-state index contributed by atoms with van der Waals surface area (Å²) in [6.07, 6.45) is 0.905. The van der Waals surface area contributed by atoms with E-state index in [1.165, 1.54) is 5.56 Å². The second-order valence-corrected chi connectivity index (χ2v) is 3.93. The van der Waals surface area contributed by atoms with Gasteiger partial charge >= 0.3 is 0 Å². The third kappa shape index (κ3) is 4.18. The Morgan fingerprint density at radius 3 is 2.40 bits per heavy atom. The molecular weight excluding hydrogens is 182 g/mol. The lowest BCUT2D eigenvalue weighted by molar-refractivity contribution is 0.818. The molecule has 1 nitrogen and oxygen atoms in total. The molecule has 0 amide bonds. The average Bonchev–Trinajstić information content (AvgIpc) is 2.25. The molecule has 1 rings (SSSR count). The van der Waals surface area contributed by atoms with Crippen molar-refractivity contribution in [3.63, 3.8) is 0 Å². The zero-order valence-corrected chi connectivity index (χ0v) is 9.80. The Bertz CT molecular complexity index is 338. The summed E-state index contributed by atoms with van der Waals surface area (Å²) < 4.78 is 0. The monoisotopic (exact) mass is 201 g/mol. The van der Waals surface area contributed by atoms with E-state index < -0.39 is 0 Å². The van der Waals surface area contributed by atoms with Gasteiger partial charge < -0.3 is 5.32 Å². The van der Waals surface area contributed by atoms with E-state index in [4.69, 9.17) is 0 Å². The van der Waals surface area contributed by atoms with Crippen LogP contribution < -0.4 is 5.32 Å². The second kappa shape index (κ2) is 6.27. The molecule has 0 aliphatic rings. The highest BCUT2D eigenvalue weighted by molar-refractivity contribution is 5.36. The summed E-state index contributed by atoms with van der Waals surface area (Å²) >= 11 is 0. The van der Waals surface area contributed by atoms with Crippen molar-refractivity contribution in [3.05, 3.63) is 35.4 Å². The first-order valence-electron chi connectivity index (χ1n) is 5.47. The lowest BCUT2D eigenvalue weighted by Crippen LogP contribution is -2.05. The number of rotatable bonds is 3. The Balaban J connectivity index is 2.59. The fourth-order valence-electron chi connectivity index (χ4n) is 1.30. The average molecular weight is 201 g/mol. The molecule has 0 aliphatic carbocycles. The molecule has 1 N–H and O–H groups in total. The first-order valence-corrected chi connectivity index (χ1v) is 5.47. The molecule has 15 heavy (non-hydrogen) atoms. The van der Waals surface area contributed by atoms with Crippen molar-refractivity contribution in [2.24, 2.45) is 0 Å². The molecule has 1 heteroatoms. The summed E-state index contributed by atoms with van der Waals surface area (Å²) in [6.45, 7) is 5.36. The lowest BCUT2D eigenvalue weighted by atomic mass is 10.0. The minimum absolute atomic E-state index is 0.594. The second-order valence-electron chi connectivity index (χ2n) is 3.93. The predicted molar refractivity (Wildman–Crippen MR) is 66.0 cm³/mol. The maximum atomic E-state index is 3.16. The molecule has 0 heterocycles. The van der Waals surface area contributed by atoms with Gasteiger partial charge in [-0.1, -0.05) is 37.8 Å². The van der Waals surface area contributed by atoms with Gasteiger partial charge in [0.05, 0.1) is 0 Å². The number of hydrogen-bond acceptors (Lipinski definition) is 1. The van der Waals surface area contributed by atoms with Crippen molar-refractivity contribution < 1.29 is 0 Å². The Hall–Kier alpha value is -1.26. The highest BCUT2D eigenvalue weighted by Crippen LogP contribution is 2.13. The first kappa shape index (κ1) is 11.8. The minimum Gasteiger partial charge on any atom is -0.319 e. The van der Waals surface area contributed by atoms with Crippen LogP contribution in [0.5, 0.6) is 0 Å². The van der Waals surface area contributed by atoms with Crippen molar-refractivity contribution in [2.75, 3.05) is 13.6 Å². The molecule has 0 bridgehead atoms. The third-order valence-corrected chi connectivity index (χ3v) is 2.31. The molecule has 0 fully saturated rings. The normalized spacial score (nSPS) is 9.87. The molecule has 0 saturated carbocycles. The van der Waals surface area contributed by atoms with Crippen LogP contribution >= 0.6 is 0 Å². The zero-order valence-electron chi connectivity index (χ0n) is 9.80. The van der Waals surface area contributed by atoms with Crippen LogP contribution in [-0.4, -0.2) is 13.6 Å². The molecule has 0 radical (unpaired) electrons. The van der Waals surface area contributed by atoms with Crippen molar-refractivity contribution in [2.45, 2.75) is 26.2 Å². The standard InChI is InChI=1S/C14H19N/c1-12(2)14-9-7-13(8-10-14)6-4-5-11-15-3/h7-10,12,15H,5,11H2,1-3H3. The van der Waals surface area contributed by atoms with Gasteiger partial charge in [0.1, 0.15) is 0 Å². The quantitative estimate of drug-likeness (QED) is 0.585. The van der Waals surface area contributed by atoms with Crippen molar-refractivity contribution in [3.8, 4) is 11.8 Å². The van der Waals surface area contributed by atoms with Gasteiger partial charge in [-0.3, -0.25) is 0 Å². The zero-order chi connectivity index (χ0) is 11.1. The van der Waals surface area contributed by atoms with Gasteiger partial charge in [-0.05, 0) is 30.7 Å². The molecule has 0 aromatic heterocycles. The van der Waals surface area contributed by atoms with Crippen molar-refractivity contribution in [1.82, 2.24) is 5.32 Å². The molecule has 0 saturated heterocycles. The Labute approximate surface area is 92.9 Å². The summed E-state index contributed by atoms with van der Waals surface area (Å²) in [5.41, 5.74) is 2.48. The molecular formula is C14H19N. The van der Waals surface area contributed by atoms with Crippen LogP contribution in [0.4, 0.5) is 0 Å². The van der Waals surface area contributed by atoms with E-state index in [0.717, 1.165) is 18.5 Å². The number of hydrogen-bond donors (Lipinski definition) is 1. The van der Waals surface area contributed by atoms with Gasteiger partial charge in [-0.15, -0.1) is 0 Å². The smallest absolute Gasteiger partial charge is 0.0245 e. The van der Waals surface area contributed by atoms with Gasteiger partial charge in [-0.25, -0.2) is 0 Å². The van der Waals surface area contributed by atoms with E-state index in [0.29, 0.717) is 5.92 Å².